The van der Waals surface area contributed by atoms with Crippen molar-refractivity contribution in [1.29, 1.82) is 0 Å². The van der Waals surface area contributed by atoms with Crippen LogP contribution in [0, 0.1) is 0 Å². The topological polar surface area (TPSA) is 87.9 Å². The third-order valence-corrected chi connectivity index (χ3v) is 4.36. The molecule has 0 bridgehead atoms. The van der Waals surface area contributed by atoms with E-state index >= 15 is 0 Å². The molecule has 1 aromatic carbocycles. The van der Waals surface area contributed by atoms with E-state index < -0.39 is 6.10 Å². The fourth-order valence-electron chi connectivity index (χ4n) is 2.59. The Kier molecular flexibility index (Phi) is 5.37. The summed E-state index contributed by atoms with van der Waals surface area (Å²) >= 11 is 0. The maximum absolute atomic E-state index is 9.77. The van der Waals surface area contributed by atoms with E-state index in [0.717, 1.165) is 16.7 Å². The average molecular weight is 354 g/mol. The van der Waals surface area contributed by atoms with Gasteiger partial charge in [0.25, 0.3) is 0 Å². The first-order valence-corrected chi connectivity index (χ1v) is 8.92. The van der Waals surface area contributed by atoms with Crippen LogP contribution >= 0.6 is 0 Å². The van der Waals surface area contributed by atoms with Crippen molar-refractivity contribution in [3.63, 3.8) is 0 Å². The van der Waals surface area contributed by atoms with Gasteiger partial charge < -0.3 is 20.3 Å². The first-order valence-electron chi connectivity index (χ1n) is 8.92. The number of aliphatic hydroxyl groups is 1. The number of hydrogen-bond donors (Lipinski definition) is 3. The summed E-state index contributed by atoms with van der Waals surface area (Å²) in [7, 11) is 0. The van der Waals surface area contributed by atoms with E-state index in [1.165, 1.54) is 0 Å². The Morgan fingerprint density at radius 2 is 1.81 bits per heavy atom. The van der Waals surface area contributed by atoms with Gasteiger partial charge in [0.1, 0.15) is 0 Å². The highest BCUT2D eigenvalue weighted by atomic mass is 16.3. The van der Waals surface area contributed by atoms with Crippen LogP contribution in [-0.4, -0.2) is 36.8 Å². The molecule has 0 saturated carbocycles. The van der Waals surface area contributed by atoms with Crippen LogP contribution in [0.25, 0.3) is 11.2 Å². The van der Waals surface area contributed by atoms with E-state index in [2.05, 4.69) is 51.6 Å². The fraction of sp³-hybridized carbons (Fsp3) is 0.421. The molecule has 0 fully saturated rings. The van der Waals surface area contributed by atoms with Gasteiger partial charge in [0.15, 0.2) is 17.0 Å². The minimum absolute atomic E-state index is 0.162. The lowest BCUT2D eigenvalue weighted by atomic mass is 10.2. The van der Waals surface area contributed by atoms with Gasteiger partial charge in [0, 0.05) is 12.6 Å². The quantitative estimate of drug-likeness (QED) is 0.604. The van der Waals surface area contributed by atoms with Gasteiger partial charge in [-0.25, -0.2) is 4.98 Å². The maximum Gasteiger partial charge on any atom is 0.227 e. The third-order valence-electron chi connectivity index (χ3n) is 4.36. The van der Waals surface area contributed by atoms with Gasteiger partial charge in [-0.2, -0.15) is 9.97 Å². The molecule has 2 heterocycles. The zero-order chi connectivity index (χ0) is 18.7. The van der Waals surface area contributed by atoms with Crippen LogP contribution in [0.3, 0.4) is 0 Å². The van der Waals surface area contributed by atoms with E-state index in [1.807, 2.05) is 29.7 Å². The first-order chi connectivity index (χ1) is 12.5. The minimum atomic E-state index is -0.509. The summed E-state index contributed by atoms with van der Waals surface area (Å²) in [6.07, 6.45) is 1.28. The molecule has 7 heteroatoms. The number of anilines is 2. The van der Waals surface area contributed by atoms with Crippen molar-refractivity contribution in [3.8, 4) is 0 Å². The van der Waals surface area contributed by atoms with Gasteiger partial charge in [-0.3, -0.25) is 0 Å². The number of fused-ring (bicyclic) bond motifs is 1. The van der Waals surface area contributed by atoms with Crippen LogP contribution in [-0.2, 0) is 6.54 Å². The van der Waals surface area contributed by atoms with E-state index in [9.17, 15) is 5.11 Å². The number of benzene rings is 1. The molecular weight excluding hydrogens is 328 g/mol. The number of nitrogens with one attached hydrogen (secondary N) is 2. The number of nitrogens with zero attached hydrogens (tertiary/aromatic N) is 4. The van der Waals surface area contributed by atoms with Crippen molar-refractivity contribution in [2.24, 2.45) is 0 Å². The second-order valence-electron chi connectivity index (χ2n) is 6.83. The Morgan fingerprint density at radius 1 is 1.08 bits per heavy atom. The van der Waals surface area contributed by atoms with Gasteiger partial charge in [-0.05, 0) is 33.3 Å². The van der Waals surface area contributed by atoms with Crippen molar-refractivity contribution in [3.05, 3.63) is 42.2 Å². The highest BCUT2D eigenvalue weighted by molar-refractivity contribution is 5.84. The SMILES string of the molecule is CC(O)C(C)Nc1nc(NCc2ccccc2)c2ncn(C(C)C)c2n1. The Morgan fingerprint density at radius 3 is 2.46 bits per heavy atom. The summed E-state index contributed by atoms with van der Waals surface area (Å²) < 4.78 is 2.02. The van der Waals surface area contributed by atoms with Crippen molar-refractivity contribution in [1.82, 2.24) is 19.5 Å². The molecule has 0 aliphatic carbocycles. The Bertz CT molecular complexity index is 859. The number of imidazole rings is 1. The molecule has 26 heavy (non-hydrogen) atoms. The number of aliphatic hydroxyl groups excluding tert-OH is 1. The molecule has 2 unspecified atom stereocenters. The molecule has 3 rings (SSSR count). The van der Waals surface area contributed by atoms with Crippen molar-refractivity contribution in [2.75, 3.05) is 10.6 Å². The van der Waals surface area contributed by atoms with E-state index in [0.29, 0.717) is 18.3 Å². The van der Waals surface area contributed by atoms with Crippen LogP contribution in [0.1, 0.15) is 39.3 Å². The van der Waals surface area contributed by atoms with Crippen molar-refractivity contribution >= 4 is 22.9 Å². The molecular formula is C19H26N6O. The monoisotopic (exact) mass is 354 g/mol. The Hall–Kier alpha value is -2.67. The van der Waals surface area contributed by atoms with E-state index in [4.69, 9.17) is 0 Å². The summed E-state index contributed by atoms with van der Waals surface area (Å²) in [6.45, 7) is 8.46. The lowest BCUT2D eigenvalue weighted by Crippen LogP contribution is -2.29. The predicted molar refractivity (Wildman–Crippen MR) is 104 cm³/mol. The number of rotatable bonds is 7. The molecule has 3 aromatic rings. The van der Waals surface area contributed by atoms with Gasteiger partial charge in [0.2, 0.25) is 5.95 Å². The largest absolute Gasteiger partial charge is 0.391 e. The minimum Gasteiger partial charge on any atom is -0.391 e. The Labute approximate surface area is 153 Å². The lowest BCUT2D eigenvalue weighted by molar-refractivity contribution is 0.177. The molecule has 0 amide bonds. The molecule has 0 spiro atoms. The molecule has 2 aromatic heterocycles. The average Bonchev–Trinajstić information content (AvgIpc) is 3.04. The summed E-state index contributed by atoms with van der Waals surface area (Å²) in [4.78, 5) is 13.7. The molecule has 0 aliphatic rings. The first kappa shape index (κ1) is 18.1. The van der Waals surface area contributed by atoms with Crippen LogP contribution in [0.15, 0.2) is 36.7 Å². The van der Waals surface area contributed by atoms with Crippen LogP contribution in [0.4, 0.5) is 11.8 Å². The van der Waals surface area contributed by atoms with Crippen molar-refractivity contribution in [2.45, 2.75) is 52.4 Å². The molecule has 0 saturated heterocycles. The summed E-state index contributed by atoms with van der Waals surface area (Å²) in [6, 6.07) is 10.2. The Balaban J connectivity index is 1.96. The summed E-state index contributed by atoms with van der Waals surface area (Å²) in [5.41, 5.74) is 2.67. The number of hydrogen-bond acceptors (Lipinski definition) is 6. The zero-order valence-electron chi connectivity index (χ0n) is 15.6. The normalized spacial score (nSPS) is 13.8. The highest BCUT2D eigenvalue weighted by Gasteiger charge is 2.17. The summed E-state index contributed by atoms with van der Waals surface area (Å²) in [5.74, 6) is 1.16. The van der Waals surface area contributed by atoms with Gasteiger partial charge in [-0.1, -0.05) is 30.3 Å². The predicted octanol–water partition coefficient (Wildman–Crippen LogP) is 3.20. The molecule has 138 valence electrons. The molecule has 7 nitrogen and oxygen atoms in total. The third kappa shape index (κ3) is 3.94. The highest BCUT2D eigenvalue weighted by Crippen LogP contribution is 2.24. The molecule has 2 atom stereocenters. The fourth-order valence-corrected chi connectivity index (χ4v) is 2.59. The van der Waals surface area contributed by atoms with Crippen molar-refractivity contribution < 1.29 is 5.11 Å². The standard InChI is InChI=1S/C19H26N6O/c1-12(2)25-11-21-16-17(20-10-15-8-6-5-7-9-15)23-19(24-18(16)25)22-13(3)14(4)26/h5-9,11-14,26H,10H2,1-4H3,(H2,20,22,23,24). The van der Waals surface area contributed by atoms with E-state index in [-0.39, 0.29) is 12.1 Å². The smallest absolute Gasteiger partial charge is 0.227 e. The zero-order valence-corrected chi connectivity index (χ0v) is 15.6. The molecule has 0 aliphatic heterocycles. The van der Waals surface area contributed by atoms with Gasteiger partial charge in [0.05, 0.1) is 18.5 Å². The number of aromatic nitrogens is 4. The van der Waals surface area contributed by atoms with Crippen LogP contribution in [0.2, 0.25) is 0 Å². The molecule has 3 N–H and O–H groups in total. The van der Waals surface area contributed by atoms with Gasteiger partial charge in [-0.15, -0.1) is 0 Å². The second kappa shape index (κ2) is 7.70. The van der Waals surface area contributed by atoms with Crippen LogP contribution in [0.5, 0.6) is 0 Å². The maximum atomic E-state index is 9.77. The summed E-state index contributed by atoms with van der Waals surface area (Å²) in [5, 5.41) is 16.3. The van der Waals surface area contributed by atoms with E-state index in [1.54, 1.807) is 13.3 Å². The second-order valence-corrected chi connectivity index (χ2v) is 6.83. The molecule has 0 radical (unpaired) electrons. The van der Waals surface area contributed by atoms with Crippen LogP contribution < -0.4 is 10.6 Å². The van der Waals surface area contributed by atoms with Gasteiger partial charge >= 0.3 is 0 Å². The lowest BCUT2D eigenvalue weighted by Gasteiger charge is -2.18.